The first kappa shape index (κ1) is 12.2. The van der Waals surface area contributed by atoms with E-state index in [1.54, 1.807) is 0 Å². The smallest absolute Gasteiger partial charge is 0.323 e. The summed E-state index contributed by atoms with van der Waals surface area (Å²) in [5.74, 6) is -0.785. The van der Waals surface area contributed by atoms with Gasteiger partial charge in [0.05, 0.1) is 0 Å². The number of aliphatic carboxylic acids is 1. The molecule has 0 unspecified atom stereocenters. The Morgan fingerprint density at radius 2 is 2.19 bits per heavy atom. The molecule has 16 heavy (non-hydrogen) atoms. The van der Waals surface area contributed by atoms with Gasteiger partial charge in [-0.3, -0.25) is 9.59 Å². The summed E-state index contributed by atoms with van der Waals surface area (Å²) in [6.07, 6.45) is 0. The number of hydrogen-bond donors (Lipinski definition) is 1. The van der Waals surface area contributed by atoms with E-state index < -0.39 is 11.9 Å². The third-order valence-corrected chi connectivity index (χ3v) is 2.04. The maximum atomic E-state index is 11.7. The van der Waals surface area contributed by atoms with Gasteiger partial charge in [-0.05, 0) is 0 Å². The van der Waals surface area contributed by atoms with Crippen molar-refractivity contribution in [2.24, 2.45) is 0 Å². The number of likely N-dealkylation sites (N-methyl/N-ethyl adjacent to an activating group) is 1. The Kier molecular flexibility index (Phi) is 3.65. The van der Waals surface area contributed by atoms with Gasteiger partial charge >= 0.3 is 5.97 Å². The first-order valence-electron chi connectivity index (χ1n) is 4.85. The van der Waals surface area contributed by atoms with Gasteiger partial charge in [0.15, 0.2) is 5.69 Å². The summed E-state index contributed by atoms with van der Waals surface area (Å²) in [4.78, 5) is 23.2. The Hall–Kier alpha value is -1.85. The highest BCUT2D eigenvalue weighted by Crippen LogP contribution is 2.15. The molecule has 0 bridgehead atoms. The van der Waals surface area contributed by atoms with E-state index in [1.165, 1.54) is 13.1 Å². The van der Waals surface area contributed by atoms with Crippen LogP contribution in [-0.4, -0.2) is 40.6 Å². The molecule has 0 aliphatic carbocycles. The lowest BCUT2D eigenvalue weighted by molar-refractivity contribution is -0.137. The van der Waals surface area contributed by atoms with E-state index in [9.17, 15) is 9.59 Å². The van der Waals surface area contributed by atoms with E-state index in [2.05, 4.69) is 5.16 Å². The number of hydrogen-bond acceptors (Lipinski definition) is 4. The number of carboxylic acid groups (broad SMARTS) is 1. The predicted octanol–water partition coefficient (Wildman–Crippen LogP) is 0.955. The highest BCUT2D eigenvalue weighted by molar-refractivity contribution is 5.93. The lowest BCUT2D eigenvalue weighted by atomic mass is 10.1. The molecule has 0 radical (unpaired) electrons. The second-order valence-corrected chi connectivity index (χ2v) is 3.82. The molecule has 1 amide bonds. The van der Waals surface area contributed by atoms with Crippen LogP contribution in [0.4, 0.5) is 0 Å². The Labute approximate surface area is 92.8 Å². The molecule has 0 saturated carbocycles. The lowest BCUT2D eigenvalue weighted by Crippen LogP contribution is -2.32. The molecule has 0 atom stereocenters. The van der Waals surface area contributed by atoms with Crippen LogP contribution in [0.25, 0.3) is 0 Å². The number of aromatic nitrogens is 1. The number of amides is 1. The second kappa shape index (κ2) is 4.78. The third kappa shape index (κ3) is 2.82. The van der Waals surface area contributed by atoms with E-state index >= 15 is 0 Å². The number of carbonyl (C=O) groups excluding carboxylic acids is 1. The number of carboxylic acids is 1. The van der Waals surface area contributed by atoms with Gasteiger partial charge in [-0.1, -0.05) is 19.0 Å². The molecule has 0 fully saturated rings. The van der Waals surface area contributed by atoms with Gasteiger partial charge in [0.25, 0.3) is 5.91 Å². The van der Waals surface area contributed by atoms with Crippen LogP contribution in [0.3, 0.4) is 0 Å². The Morgan fingerprint density at radius 3 is 2.62 bits per heavy atom. The standard InChI is InChI=1S/C10H14N2O4/c1-6(2)8-4-7(11-16-8)10(15)12(3)5-9(13)14/h4,6H,5H2,1-3H3,(H,13,14). The Balaban J connectivity index is 2.76. The summed E-state index contributed by atoms with van der Waals surface area (Å²) in [5.41, 5.74) is 0.132. The minimum absolute atomic E-state index is 0.132. The molecule has 6 heteroatoms. The van der Waals surface area contributed by atoms with Gasteiger partial charge in [0.2, 0.25) is 0 Å². The SMILES string of the molecule is CC(C)c1cc(C(=O)N(C)CC(=O)O)no1. The minimum atomic E-state index is -1.07. The highest BCUT2D eigenvalue weighted by atomic mass is 16.5. The van der Waals surface area contributed by atoms with Gasteiger partial charge in [-0.25, -0.2) is 0 Å². The van der Waals surface area contributed by atoms with Crippen LogP contribution in [0.1, 0.15) is 36.0 Å². The van der Waals surface area contributed by atoms with Crippen molar-refractivity contribution in [2.75, 3.05) is 13.6 Å². The van der Waals surface area contributed by atoms with Crippen molar-refractivity contribution in [3.05, 3.63) is 17.5 Å². The zero-order chi connectivity index (χ0) is 12.3. The van der Waals surface area contributed by atoms with E-state index in [1.807, 2.05) is 13.8 Å². The van der Waals surface area contributed by atoms with Crippen molar-refractivity contribution >= 4 is 11.9 Å². The van der Waals surface area contributed by atoms with Gasteiger partial charge < -0.3 is 14.5 Å². The summed E-state index contributed by atoms with van der Waals surface area (Å²) in [6.45, 7) is 3.47. The molecule has 0 aliphatic heterocycles. The number of carbonyl (C=O) groups is 2. The molecule has 0 aliphatic rings. The van der Waals surface area contributed by atoms with Crippen molar-refractivity contribution in [1.29, 1.82) is 0 Å². The van der Waals surface area contributed by atoms with Crippen molar-refractivity contribution in [1.82, 2.24) is 10.1 Å². The summed E-state index contributed by atoms with van der Waals surface area (Å²) in [6, 6.07) is 1.53. The Bertz CT molecular complexity index is 397. The molecule has 6 nitrogen and oxygen atoms in total. The average Bonchev–Trinajstić information content (AvgIpc) is 2.64. The van der Waals surface area contributed by atoms with Crippen molar-refractivity contribution < 1.29 is 19.2 Å². The fourth-order valence-corrected chi connectivity index (χ4v) is 1.13. The normalized spacial score (nSPS) is 10.5. The minimum Gasteiger partial charge on any atom is -0.480 e. The zero-order valence-corrected chi connectivity index (χ0v) is 9.43. The summed E-state index contributed by atoms with van der Waals surface area (Å²) in [5, 5.41) is 12.1. The number of rotatable bonds is 4. The predicted molar refractivity (Wildman–Crippen MR) is 55.2 cm³/mol. The molecule has 0 aromatic carbocycles. The van der Waals surface area contributed by atoms with Crippen molar-refractivity contribution in [3.63, 3.8) is 0 Å². The van der Waals surface area contributed by atoms with Crippen LogP contribution >= 0.6 is 0 Å². The molecule has 0 spiro atoms. The zero-order valence-electron chi connectivity index (χ0n) is 9.43. The van der Waals surface area contributed by atoms with Crippen molar-refractivity contribution in [2.45, 2.75) is 19.8 Å². The molecule has 1 rings (SSSR count). The molecular weight excluding hydrogens is 212 g/mol. The maximum absolute atomic E-state index is 11.7. The van der Waals surface area contributed by atoms with E-state index in [-0.39, 0.29) is 18.2 Å². The monoisotopic (exact) mass is 226 g/mol. The highest BCUT2D eigenvalue weighted by Gasteiger charge is 2.19. The topological polar surface area (TPSA) is 83.6 Å². The third-order valence-electron chi connectivity index (χ3n) is 2.04. The average molecular weight is 226 g/mol. The van der Waals surface area contributed by atoms with Crippen LogP contribution < -0.4 is 0 Å². The van der Waals surface area contributed by atoms with E-state index in [0.29, 0.717) is 5.76 Å². The fourth-order valence-electron chi connectivity index (χ4n) is 1.13. The van der Waals surface area contributed by atoms with Gasteiger partial charge in [-0.2, -0.15) is 0 Å². The molecule has 1 heterocycles. The van der Waals surface area contributed by atoms with Crippen LogP contribution in [-0.2, 0) is 4.79 Å². The fraction of sp³-hybridized carbons (Fsp3) is 0.500. The van der Waals surface area contributed by atoms with Crippen LogP contribution in [0, 0.1) is 0 Å². The Morgan fingerprint density at radius 1 is 1.56 bits per heavy atom. The molecule has 1 aromatic rings. The first-order valence-corrected chi connectivity index (χ1v) is 4.85. The molecular formula is C10H14N2O4. The first-order chi connectivity index (χ1) is 7.41. The van der Waals surface area contributed by atoms with Crippen LogP contribution in [0.2, 0.25) is 0 Å². The van der Waals surface area contributed by atoms with Gasteiger partial charge in [0, 0.05) is 19.0 Å². The quantitative estimate of drug-likeness (QED) is 0.826. The second-order valence-electron chi connectivity index (χ2n) is 3.82. The molecule has 0 saturated heterocycles. The van der Waals surface area contributed by atoms with Crippen molar-refractivity contribution in [3.8, 4) is 0 Å². The summed E-state index contributed by atoms with van der Waals surface area (Å²) in [7, 11) is 1.40. The lowest BCUT2D eigenvalue weighted by Gasteiger charge is -2.11. The van der Waals surface area contributed by atoms with E-state index in [0.717, 1.165) is 4.90 Å². The maximum Gasteiger partial charge on any atom is 0.323 e. The van der Waals surface area contributed by atoms with Gasteiger partial charge in [-0.15, -0.1) is 0 Å². The molecule has 88 valence electrons. The van der Waals surface area contributed by atoms with Crippen LogP contribution in [0.5, 0.6) is 0 Å². The summed E-state index contributed by atoms with van der Waals surface area (Å²) < 4.78 is 4.96. The largest absolute Gasteiger partial charge is 0.480 e. The van der Waals surface area contributed by atoms with Crippen LogP contribution in [0.15, 0.2) is 10.6 Å². The van der Waals surface area contributed by atoms with E-state index in [4.69, 9.17) is 9.63 Å². The molecule has 1 N–H and O–H groups in total. The van der Waals surface area contributed by atoms with Gasteiger partial charge in [0.1, 0.15) is 12.3 Å². The number of nitrogens with zero attached hydrogens (tertiary/aromatic N) is 2. The summed E-state index contributed by atoms with van der Waals surface area (Å²) >= 11 is 0. The molecule has 1 aromatic heterocycles.